The molecule has 0 fully saturated rings. The standard InChI is InChI=1S/C16H26FN/c1-6-18-15(8-7-11(2)3)16-13(5)9-12(4)10-14(16)17/h9-11,15,18H,6-8H2,1-5H3. The van der Waals surface area contributed by atoms with Crippen molar-refractivity contribution >= 4 is 0 Å². The molecule has 0 saturated carbocycles. The third-order valence-electron chi connectivity index (χ3n) is 3.31. The molecule has 102 valence electrons. The summed E-state index contributed by atoms with van der Waals surface area (Å²) in [5.74, 6) is 0.585. The van der Waals surface area contributed by atoms with Gasteiger partial charge in [-0.25, -0.2) is 4.39 Å². The minimum absolute atomic E-state index is 0.0674. The number of aryl methyl sites for hydroxylation is 2. The van der Waals surface area contributed by atoms with Crippen LogP contribution in [0.5, 0.6) is 0 Å². The highest BCUT2D eigenvalue weighted by molar-refractivity contribution is 5.34. The minimum Gasteiger partial charge on any atom is -0.310 e. The molecule has 0 aromatic heterocycles. The molecule has 1 N–H and O–H groups in total. The molecule has 2 heteroatoms. The van der Waals surface area contributed by atoms with Gasteiger partial charge in [0.2, 0.25) is 0 Å². The summed E-state index contributed by atoms with van der Waals surface area (Å²) >= 11 is 0. The molecular formula is C16H26FN. The van der Waals surface area contributed by atoms with Gasteiger partial charge in [0.1, 0.15) is 5.82 Å². The van der Waals surface area contributed by atoms with Gasteiger partial charge < -0.3 is 5.32 Å². The van der Waals surface area contributed by atoms with Crippen molar-refractivity contribution in [2.24, 2.45) is 5.92 Å². The molecule has 0 bridgehead atoms. The van der Waals surface area contributed by atoms with Crippen LogP contribution in [0.15, 0.2) is 12.1 Å². The van der Waals surface area contributed by atoms with Crippen molar-refractivity contribution in [2.75, 3.05) is 6.54 Å². The SMILES string of the molecule is CCNC(CCC(C)C)c1c(C)cc(C)cc1F. The van der Waals surface area contributed by atoms with Crippen molar-refractivity contribution in [3.8, 4) is 0 Å². The lowest BCUT2D eigenvalue weighted by molar-refractivity contribution is 0.432. The van der Waals surface area contributed by atoms with E-state index in [1.165, 1.54) is 0 Å². The summed E-state index contributed by atoms with van der Waals surface area (Å²) in [5.41, 5.74) is 2.90. The Hall–Kier alpha value is -0.890. The third-order valence-corrected chi connectivity index (χ3v) is 3.31. The number of benzene rings is 1. The molecule has 1 rings (SSSR count). The Balaban J connectivity index is 2.97. The van der Waals surface area contributed by atoms with Gasteiger partial charge in [-0.2, -0.15) is 0 Å². The highest BCUT2D eigenvalue weighted by Gasteiger charge is 2.18. The summed E-state index contributed by atoms with van der Waals surface area (Å²) in [6.45, 7) is 11.3. The molecular weight excluding hydrogens is 225 g/mol. The molecule has 0 radical (unpaired) electrons. The number of nitrogens with one attached hydrogen (secondary N) is 1. The molecule has 1 nitrogen and oxygen atoms in total. The molecule has 0 heterocycles. The molecule has 18 heavy (non-hydrogen) atoms. The molecule has 1 aromatic rings. The smallest absolute Gasteiger partial charge is 0.128 e. The summed E-state index contributed by atoms with van der Waals surface area (Å²) in [6, 6.07) is 3.85. The Morgan fingerprint density at radius 1 is 1.17 bits per heavy atom. The van der Waals surface area contributed by atoms with Crippen molar-refractivity contribution in [3.63, 3.8) is 0 Å². The Morgan fingerprint density at radius 2 is 1.83 bits per heavy atom. The first kappa shape index (κ1) is 15.2. The van der Waals surface area contributed by atoms with Crippen molar-refractivity contribution in [1.82, 2.24) is 5.32 Å². The second-order valence-corrected chi connectivity index (χ2v) is 5.56. The van der Waals surface area contributed by atoms with E-state index >= 15 is 0 Å². The van der Waals surface area contributed by atoms with Crippen molar-refractivity contribution in [1.29, 1.82) is 0 Å². The first-order valence-electron chi connectivity index (χ1n) is 6.95. The summed E-state index contributed by atoms with van der Waals surface area (Å²) in [6.07, 6.45) is 2.11. The summed E-state index contributed by atoms with van der Waals surface area (Å²) in [4.78, 5) is 0. The fraction of sp³-hybridized carbons (Fsp3) is 0.625. The Morgan fingerprint density at radius 3 is 2.33 bits per heavy atom. The summed E-state index contributed by atoms with van der Waals surface area (Å²) in [5, 5.41) is 3.42. The molecule has 1 atom stereocenters. The van der Waals surface area contributed by atoms with Crippen LogP contribution in [0.1, 0.15) is 56.3 Å². The largest absolute Gasteiger partial charge is 0.310 e. The molecule has 0 aliphatic heterocycles. The monoisotopic (exact) mass is 251 g/mol. The van der Waals surface area contributed by atoms with E-state index in [1.54, 1.807) is 6.07 Å². The van der Waals surface area contributed by atoms with Gasteiger partial charge in [0.25, 0.3) is 0 Å². The number of hydrogen-bond donors (Lipinski definition) is 1. The van der Waals surface area contributed by atoms with Gasteiger partial charge in [0, 0.05) is 11.6 Å². The van der Waals surface area contributed by atoms with Crippen molar-refractivity contribution in [2.45, 2.75) is 53.5 Å². The first-order chi connectivity index (χ1) is 8.45. The lowest BCUT2D eigenvalue weighted by Gasteiger charge is -2.22. The van der Waals surface area contributed by atoms with Crippen LogP contribution in [0.4, 0.5) is 4.39 Å². The van der Waals surface area contributed by atoms with E-state index in [0.29, 0.717) is 5.92 Å². The van der Waals surface area contributed by atoms with E-state index in [0.717, 1.165) is 36.1 Å². The van der Waals surface area contributed by atoms with Crippen molar-refractivity contribution in [3.05, 3.63) is 34.6 Å². The average Bonchev–Trinajstić information content (AvgIpc) is 2.24. The van der Waals surface area contributed by atoms with Gasteiger partial charge in [-0.3, -0.25) is 0 Å². The van der Waals surface area contributed by atoms with Crippen LogP contribution >= 0.6 is 0 Å². The van der Waals surface area contributed by atoms with Gasteiger partial charge in [-0.15, -0.1) is 0 Å². The second kappa shape index (κ2) is 6.89. The Kier molecular flexibility index (Phi) is 5.80. The van der Waals surface area contributed by atoms with E-state index in [2.05, 4.69) is 32.2 Å². The molecule has 0 aliphatic carbocycles. The predicted molar refractivity (Wildman–Crippen MR) is 76.4 cm³/mol. The van der Waals surface area contributed by atoms with Gasteiger partial charge in [-0.1, -0.05) is 26.8 Å². The van der Waals surface area contributed by atoms with Crippen LogP contribution in [0.3, 0.4) is 0 Å². The van der Waals surface area contributed by atoms with Crippen LogP contribution in [0.2, 0.25) is 0 Å². The van der Waals surface area contributed by atoms with Crippen LogP contribution < -0.4 is 5.32 Å². The van der Waals surface area contributed by atoms with Gasteiger partial charge in [-0.05, 0) is 56.3 Å². The fourth-order valence-corrected chi connectivity index (χ4v) is 2.46. The van der Waals surface area contributed by atoms with E-state index in [-0.39, 0.29) is 11.9 Å². The maximum absolute atomic E-state index is 14.2. The first-order valence-corrected chi connectivity index (χ1v) is 6.95. The number of rotatable bonds is 6. The molecule has 0 saturated heterocycles. The maximum atomic E-state index is 14.2. The zero-order chi connectivity index (χ0) is 13.7. The topological polar surface area (TPSA) is 12.0 Å². The van der Waals surface area contributed by atoms with E-state index in [4.69, 9.17) is 0 Å². The number of hydrogen-bond acceptors (Lipinski definition) is 1. The fourth-order valence-electron chi connectivity index (χ4n) is 2.46. The van der Waals surface area contributed by atoms with Crippen molar-refractivity contribution < 1.29 is 4.39 Å². The normalized spacial score (nSPS) is 13.1. The zero-order valence-corrected chi connectivity index (χ0v) is 12.3. The van der Waals surface area contributed by atoms with Crippen LogP contribution in [-0.2, 0) is 0 Å². The van der Waals surface area contributed by atoms with Crippen LogP contribution in [-0.4, -0.2) is 6.54 Å². The minimum atomic E-state index is -0.0674. The molecule has 1 unspecified atom stereocenters. The molecule has 0 aliphatic rings. The molecule has 0 spiro atoms. The van der Waals surface area contributed by atoms with Crippen LogP contribution in [0.25, 0.3) is 0 Å². The van der Waals surface area contributed by atoms with Gasteiger partial charge in [0.05, 0.1) is 0 Å². The van der Waals surface area contributed by atoms with E-state index in [1.807, 2.05) is 13.8 Å². The van der Waals surface area contributed by atoms with Gasteiger partial charge in [0.15, 0.2) is 0 Å². The average molecular weight is 251 g/mol. The quantitative estimate of drug-likeness (QED) is 0.783. The predicted octanol–water partition coefficient (Wildman–Crippen LogP) is 4.53. The van der Waals surface area contributed by atoms with E-state index in [9.17, 15) is 4.39 Å². The third kappa shape index (κ3) is 4.09. The highest BCUT2D eigenvalue weighted by atomic mass is 19.1. The lowest BCUT2D eigenvalue weighted by Crippen LogP contribution is -2.23. The van der Waals surface area contributed by atoms with Crippen LogP contribution in [0, 0.1) is 25.6 Å². The summed E-state index contributed by atoms with van der Waals surface area (Å²) in [7, 11) is 0. The molecule has 0 amide bonds. The lowest BCUT2D eigenvalue weighted by atomic mass is 9.93. The Bertz CT molecular complexity index is 362. The van der Waals surface area contributed by atoms with Gasteiger partial charge >= 0.3 is 0 Å². The molecule has 1 aromatic carbocycles. The Labute approximate surface area is 111 Å². The second-order valence-electron chi connectivity index (χ2n) is 5.56. The summed E-state index contributed by atoms with van der Waals surface area (Å²) < 4.78 is 14.2. The highest BCUT2D eigenvalue weighted by Crippen LogP contribution is 2.27. The number of halogens is 1. The zero-order valence-electron chi connectivity index (χ0n) is 12.3. The maximum Gasteiger partial charge on any atom is 0.128 e. The van der Waals surface area contributed by atoms with E-state index < -0.39 is 0 Å².